The molecule has 3 aromatic rings. The van der Waals surface area contributed by atoms with Crippen LogP contribution in [0.3, 0.4) is 0 Å². The molecule has 0 heterocycles. The van der Waals surface area contributed by atoms with Crippen molar-refractivity contribution in [2.75, 3.05) is 12.4 Å². The minimum Gasteiger partial charge on any atom is -0.494 e. The summed E-state index contributed by atoms with van der Waals surface area (Å²) in [6, 6.07) is 16.9. The summed E-state index contributed by atoms with van der Waals surface area (Å²) in [4.78, 5) is 12.7. The maximum atomic E-state index is 12.7. The lowest BCUT2D eigenvalue weighted by Crippen LogP contribution is -2.15. The normalized spacial score (nSPS) is 11.8. The van der Waals surface area contributed by atoms with Gasteiger partial charge in [0, 0.05) is 21.8 Å². The smallest absolute Gasteiger partial charge is 0.255 e. The number of hydrogen-bond donors (Lipinski definition) is 2. The van der Waals surface area contributed by atoms with Gasteiger partial charge < -0.3 is 15.2 Å². The Morgan fingerprint density at radius 2 is 1.64 bits per heavy atom. The molecule has 0 radical (unpaired) electrons. The summed E-state index contributed by atoms with van der Waals surface area (Å²) in [5.74, 6) is -0.137. The Labute approximate surface area is 177 Å². The van der Waals surface area contributed by atoms with E-state index in [-0.39, 0.29) is 15.6 Å². The average Bonchev–Trinajstić information content (AvgIpc) is 2.69. The van der Waals surface area contributed by atoms with E-state index in [0.29, 0.717) is 27.6 Å². The summed E-state index contributed by atoms with van der Waals surface area (Å²) in [5, 5.41) is 14.4. The van der Waals surface area contributed by atoms with E-state index in [2.05, 4.69) is 5.32 Å². The van der Waals surface area contributed by atoms with Gasteiger partial charge in [-0.25, -0.2) is 0 Å². The van der Waals surface area contributed by atoms with E-state index in [0.717, 1.165) is 0 Å². The molecule has 0 aliphatic heterocycles. The number of rotatable bonds is 5. The molecule has 7 heteroatoms. The van der Waals surface area contributed by atoms with Crippen LogP contribution in [-0.4, -0.2) is 18.1 Å². The zero-order valence-corrected chi connectivity index (χ0v) is 17.0. The van der Waals surface area contributed by atoms with Gasteiger partial charge in [-0.05, 0) is 35.9 Å². The Kier molecular flexibility index (Phi) is 6.47. The highest BCUT2D eigenvalue weighted by Gasteiger charge is 2.19. The van der Waals surface area contributed by atoms with Crippen molar-refractivity contribution >= 4 is 46.4 Å². The fraction of sp³-hybridized carbons (Fsp3) is 0.0952. The second-order valence-corrected chi connectivity index (χ2v) is 7.22. The summed E-state index contributed by atoms with van der Waals surface area (Å²) >= 11 is 18.3. The van der Waals surface area contributed by atoms with Crippen LogP contribution in [0.1, 0.15) is 27.6 Å². The Bertz CT molecular complexity index is 986. The van der Waals surface area contributed by atoms with Gasteiger partial charge in [0.25, 0.3) is 5.91 Å². The Morgan fingerprint density at radius 1 is 1.00 bits per heavy atom. The molecular weight excluding hydrogens is 421 g/mol. The van der Waals surface area contributed by atoms with Gasteiger partial charge in [0.15, 0.2) is 5.75 Å². The molecule has 3 aromatic carbocycles. The maximum absolute atomic E-state index is 12.7. The zero-order valence-electron chi connectivity index (χ0n) is 14.7. The van der Waals surface area contributed by atoms with Gasteiger partial charge in [-0.2, -0.15) is 0 Å². The molecule has 0 saturated heterocycles. The van der Waals surface area contributed by atoms with Crippen LogP contribution in [0.2, 0.25) is 15.1 Å². The predicted octanol–water partition coefficient (Wildman–Crippen LogP) is 5.99. The van der Waals surface area contributed by atoms with Crippen molar-refractivity contribution in [3.8, 4) is 5.75 Å². The number of carbonyl (C=O) groups excluding carboxylic acids is 1. The highest BCUT2D eigenvalue weighted by molar-refractivity contribution is 6.37. The van der Waals surface area contributed by atoms with E-state index in [1.54, 1.807) is 30.3 Å². The van der Waals surface area contributed by atoms with Crippen LogP contribution in [0.4, 0.5) is 5.69 Å². The number of nitrogens with one attached hydrogen (secondary N) is 1. The number of halogens is 3. The van der Waals surface area contributed by atoms with Crippen LogP contribution < -0.4 is 10.1 Å². The van der Waals surface area contributed by atoms with Crippen molar-refractivity contribution in [2.24, 2.45) is 0 Å². The molecule has 0 unspecified atom stereocenters. The first-order valence-corrected chi connectivity index (χ1v) is 9.41. The third-order valence-corrected chi connectivity index (χ3v) is 4.93. The number of ether oxygens (including phenoxy) is 1. The van der Waals surface area contributed by atoms with Crippen molar-refractivity contribution in [1.29, 1.82) is 0 Å². The largest absolute Gasteiger partial charge is 0.494 e. The molecule has 0 aliphatic carbocycles. The van der Waals surface area contributed by atoms with E-state index in [9.17, 15) is 9.90 Å². The molecule has 1 atom stereocenters. The minimum absolute atomic E-state index is 0.223. The minimum atomic E-state index is -0.960. The van der Waals surface area contributed by atoms with Crippen LogP contribution in [-0.2, 0) is 0 Å². The molecule has 2 N–H and O–H groups in total. The lowest BCUT2D eigenvalue weighted by Gasteiger charge is -2.17. The van der Waals surface area contributed by atoms with Gasteiger partial charge in [-0.1, -0.05) is 65.1 Å². The Balaban J connectivity index is 1.94. The first-order chi connectivity index (χ1) is 13.4. The van der Waals surface area contributed by atoms with Gasteiger partial charge in [0.2, 0.25) is 0 Å². The molecule has 0 saturated carbocycles. The highest BCUT2D eigenvalue weighted by atomic mass is 35.5. The Morgan fingerprint density at radius 3 is 2.25 bits per heavy atom. The van der Waals surface area contributed by atoms with Crippen LogP contribution in [0.15, 0.2) is 60.7 Å². The van der Waals surface area contributed by atoms with Crippen LogP contribution in [0.5, 0.6) is 5.75 Å². The fourth-order valence-corrected chi connectivity index (χ4v) is 3.59. The van der Waals surface area contributed by atoms with E-state index in [1.165, 1.54) is 19.2 Å². The van der Waals surface area contributed by atoms with Gasteiger partial charge >= 0.3 is 0 Å². The standard InChI is InChI=1S/C21H16Cl3NO3/c1-28-20-16(23)9-13(10-17(20)24)21(27)25-18-8-7-14(22)11-15(18)19(26)12-5-3-2-4-6-12/h2-11,19,26H,1H3,(H,25,27)/t19-/m1/s1. The Hall–Kier alpha value is -2.24. The molecule has 1 amide bonds. The topological polar surface area (TPSA) is 58.6 Å². The molecular formula is C21H16Cl3NO3. The van der Waals surface area contributed by atoms with E-state index < -0.39 is 12.0 Å². The SMILES string of the molecule is COc1c(Cl)cc(C(=O)Nc2ccc(Cl)cc2[C@H](O)c2ccccc2)cc1Cl. The first kappa shape index (κ1) is 20.5. The van der Waals surface area contributed by atoms with Crippen LogP contribution in [0.25, 0.3) is 0 Å². The summed E-state index contributed by atoms with van der Waals surface area (Å²) in [6.07, 6.45) is -0.960. The lowest BCUT2D eigenvalue weighted by molar-refractivity contribution is 0.102. The van der Waals surface area contributed by atoms with Crippen molar-refractivity contribution in [1.82, 2.24) is 0 Å². The summed E-state index contributed by atoms with van der Waals surface area (Å²) in [7, 11) is 1.44. The van der Waals surface area contributed by atoms with Gasteiger partial charge in [-0.15, -0.1) is 0 Å². The second kappa shape index (κ2) is 8.84. The maximum Gasteiger partial charge on any atom is 0.255 e. The molecule has 28 heavy (non-hydrogen) atoms. The number of aliphatic hydroxyl groups excluding tert-OH is 1. The quantitative estimate of drug-likeness (QED) is 0.516. The molecule has 0 bridgehead atoms. The van der Waals surface area contributed by atoms with Crippen LogP contribution in [0, 0.1) is 0 Å². The number of methoxy groups -OCH3 is 1. The molecule has 0 aromatic heterocycles. The summed E-state index contributed by atoms with van der Waals surface area (Å²) in [6.45, 7) is 0. The number of benzene rings is 3. The predicted molar refractivity (Wildman–Crippen MR) is 113 cm³/mol. The van der Waals surface area contributed by atoms with Crippen molar-refractivity contribution in [3.05, 3.63) is 92.4 Å². The van der Waals surface area contributed by atoms with Crippen molar-refractivity contribution < 1.29 is 14.6 Å². The molecule has 4 nitrogen and oxygen atoms in total. The lowest BCUT2D eigenvalue weighted by atomic mass is 9.99. The molecule has 0 spiro atoms. The number of hydrogen-bond acceptors (Lipinski definition) is 3. The van der Waals surface area contributed by atoms with Crippen molar-refractivity contribution in [2.45, 2.75) is 6.10 Å². The van der Waals surface area contributed by atoms with Crippen molar-refractivity contribution in [3.63, 3.8) is 0 Å². The molecule has 0 fully saturated rings. The number of carbonyl (C=O) groups is 1. The molecule has 144 valence electrons. The number of aliphatic hydroxyl groups is 1. The highest BCUT2D eigenvalue weighted by Crippen LogP contribution is 2.35. The molecule has 3 rings (SSSR count). The fourth-order valence-electron chi connectivity index (χ4n) is 2.77. The first-order valence-electron chi connectivity index (χ1n) is 8.27. The molecule has 0 aliphatic rings. The number of amides is 1. The third kappa shape index (κ3) is 4.42. The summed E-state index contributed by atoms with van der Waals surface area (Å²) in [5.41, 5.74) is 1.83. The van der Waals surface area contributed by atoms with Gasteiger partial charge in [0.05, 0.1) is 17.2 Å². The van der Waals surface area contributed by atoms with Gasteiger partial charge in [-0.3, -0.25) is 4.79 Å². The van der Waals surface area contributed by atoms with Gasteiger partial charge in [0.1, 0.15) is 6.10 Å². The average molecular weight is 437 g/mol. The van der Waals surface area contributed by atoms with Crippen LogP contribution >= 0.6 is 34.8 Å². The van der Waals surface area contributed by atoms with E-state index >= 15 is 0 Å². The second-order valence-electron chi connectivity index (χ2n) is 5.97. The third-order valence-electron chi connectivity index (χ3n) is 4.14. The summed E-state index contributed by atoms with van der Waals surface area (Å²) < 4.78 is 5.10. The van der Waals surface area contributed by atoms with E-state index in [4.69, 9.17) is 39.5 Å². The monoisotopic (exact) mass is 435 g/mol. The zero-order chi connectivity index (χ0) is 20.3. The number of anilines is 1. The van der Waals surface area contributed by atoms with E-state index in [1.807, 2.05) is 18.2 Å².